The largest absolute Gasteiger partial charge is 0.336 e. The molecule has 27 heavy (non-hydrogen) atoms. The van der Waals surface area contributed by atoms with Crippen molar-refractivity contribution in [3.8, 4) is 0 Å². The number of thioether (sulfide) groups is 1. The van der Waals surface area contributed by atoms with Gasteiger partial charge in [0.25, 0.3) is 5.56 Å². The van der Waals surface area contributed by atoms with E-state index in [-0.39, 0.29) is 23.3 Å². The Balaban J connectivity index is 1.65. The Kier molecular flexibility index (Phi) is 4.98. The van der Waals surface area contributed by atoms with Crippen LogP contribution in [0.5, 0.6) is 0 Å². The Morgan fingerprint density at radius 2 is 2.22 bits per heavy atom. The van der Waals surface area contributed by atoms with E-state index in [9.17, 15) is 14.4 Å². The van der Waals surface area contributed by atoms with E-state index in [0.717, 1.165) is 29.5 Å². The molecule has 2 aromatic heterocycles. The average Bonchev–Trinajstić information content (AvgIpc) is 3.22. The lowest BCUT2D eigenvalue weighted by Crippen LogP contribution is -2.35. The molecule has 3 amide bonds. The number of aromatic nitrogens is 2. The number of fused-ring (bicyclic) bond motifs is 3. The molecule has 1 saturated heterocycles. The molecule has 4 rings (SSSR count). The fourth-order valence-corrected chi connectivity index (χ4v) is 6.07. The molecule has 3 heterocycles. The van der Waals surface area contributed by atoms with E-state index in [4.69, 9.17) is 4.98 Å². The van der Waals surface area contributed by atoms with E-state index in [1.165, 1.54) is 27.1 Å². The monoisotopic (exact) mass is 406 g/mol. The van der Waals surface area contributed by atoms with Gasteiger partial charge < -0.3 is 5.32 Å². The van der Waals surface area contributed by atoms with Crippen LogP contribution in [0.4, 0.5) is 4.79 Å². The van der Waals surface area contributed by atoms with E-state index in [2.05, 4.69) is 12.2 Å². The summed E-state index contributed by atoms with van der Waals surface area (Å²) in [5.74, 6) is 0.469. The zero-order valence-electron chi connectivity index (χ0n) is 15.4. The van der Waals surface area contributed by atoms with Crippen molar-refractivity contribution in [1.82, 2.24) is 19.8 Å². The van der Waals surface area contributed by atoms with Crippen molar-refractivity contribution >= 4 is 45.3 Å². The lowest BCUT2D eigenvalue weighted by molar-refractivity contribution is -0.124. The Morgan fingerprint density at radius 1 is 1.41 bits per heavy atom. The number of urea groups is 1. The van der Waals surface area contributed by atoms with Gasteiger partial charge in [-0.3, -0.25) is 19.1 Å². The minimum Gasteiger partial charge on any atom is -0.336 e. The topological polar surface area (TPSA) is 84.3 Å². The van der Waals surface area contributed by atoms with Crippen LogP contribution in [0.15, 0.2) is 9.95 Å². The Hall–Kier alpha value is -1.87. The molecule has 2 aliphatic rings. The molecule has 2 aromatic rings. The molecule has 1 atom stereocenters. The first-order chi connectivity index (χ1) is 13.0. The second-order valence-corrected chi connectivity index (χ2v) is 9.07. The van der Waals surface area contributed by atoms with Gasteiger partial charge >= 0.3 is 6.03 Å². The number of nitrogens with one attached hydrogen (secondary N) is 1. The molecular weight excluding hydrogens is 384 g/mol. The first-order valence-electron chi connectivity index (χ1n) is 9.25. The molecule has 1 N–H and O–H groups in total. The highest BCUT2D eigenvalue weighted by atomic mass is 32.2. The smallest absolute Gasteiger partial charge is 0.324 e. The number of hydrogen-bond donors (Lipinski definition) is 1. The standard InChI is InChI=1S/C18H22N4O3S2/c1-3-21-16(24)14-11-5-4-10(2)8-12(11)27-15(14)20-18(21)26-9-13(23)22-7-6-19-17(22)25/h10H,3-9H2,1-2H3,(H,19,25)/t10-/m0/s1. The Bertz CT molecular complexity index is 981. The van der Waals surface area contributed by atoms with Crippen molar-refractivity contribution in [2.75, 3.05) is 18.8 Å². The van der Waals surface area contributed by atoms with Crippen LogP contribution < -0.4 is 10.9 Å². The number of hydrogen-bond acceptors (Lipinski definition) is 6. The maximum absolute atomic E-state index is 13.1. The number of carbonyl (C=O) groups excluding carboxylic acids is 2. The molecule has 9 heteroatoms. The Labute approximate surface area is 165 Å². The van der Waals surface area contributed by atoms with Crippen LogP contribution in [-0.4, -0.2) is 45.2 Å². The first-order valence-corrected chi connectivity index (χ1v) is 11.1. The molecule has 7 nitrogen and oxygen atoms in total. The van der Waals surface area contributed by atoms with Gasteiger partial charge in [0.1, 0.15) is 4.83 Å². The third-order valence-electron chi connectivity index (χ3n) is 5.18. The van der Waals surface area contributed by atoms with Crippen LogP contribution >= 0.6 is 23.1 Å². The Morgan fingerprint density at radius 3 is 2.93 bits per heavy atom. The van der Waals surface area contributed by atoms with E-state index in [0.29, 0.717) is 30.7 Å². The summed E-state index contributed by atoms with van der Waals surface area (Å²) in [6, 6.07) is -0.350. The summed E-state index contributed by atoms with van der Waals surface area (Å²) in [7, 11) is 0. The number of aryl methyl sites for hydroxylation is 1. The number of nitrogens with zero attached hydrogens (tertiary/aromatic N) is 3. The highest BCUT2D eigenvalue weighted by Crippen LogP contribution is 2.36. The van der Waals surface area contributed by atoms with Crippen molar-refractivity contribution in [3.05, 3.63) is 20.8 Å². The number of thiophene rings is 1. The third-order valence-corrected chi connectivity index (χ3v) is 7.29. The SMILES string of the molecule is CCn1c(SCC(=O)N2CCNC2=O)nc2sc3c(c2c1=O)CC[C@H](C)C3. The predicted octanol–water partition coefficient (Wildman–Crippen LogP) is 2.25. The molecular formula is C18H22N4O3S2. The quantitative estimate of drug-likeness (QED) is 0.622. The van der Waals surface area contributed by atoms with Crippen molar-refractivity contribution in [1.29, 1.82) is 0 Å². The van der Waals surface area contributed by atoms with Crippen molar-refractivity contribution in [2.24, 2.45) is 5.92 Å². The second-order valence-electron chi connectivity index (χ2n) is 7.04. The zero-order valence-corrected chi connectivity index (χ0v) is 17.0. The lowest BCUT2D eigenvalue weighted by Gasteiger charge is -2.17. The molecule has 1 aliphatic carbocycles. The van der Waals surface area contributed by atoms with Crippen LogP contribution in [0.25, 0.3) is 10.2 Å². The van der Waals surface area contributed by atoms with Crippen molar-refractivity contribution in [2.45, 2.75) is 44.8 Å². The molecule has 1 fully saturated rings. The number of carbonyl (C=O) groups is 2. The van der Waals surface area contributed by atoms with Crippen LogP contribution in [0.3, 0.4) is 0 Å². The highest BCUT2D eigenvalue weighted by molar-refractivity contribution is 7.99. The van der Waals surface area contributed by atoms with Crippen molar-refractivity contribution in [3.63, 3.8) is 0 Å². The van der Waals surface area contributed by atoms with Gasteiger partial charge in [0.2, 0.25) is 5.91 Å². The van der Waals surface area contributed by atoms with Gasteiger partial charge in [0, 0.05) is 24.5 Å². The van der Waals surface area contributed by atoms with Gasteiger partial charge in [0.15, 0.2) is 5.16 Å². The van der Waals surface area contributed by atoms with Gasteiger partial charge in [-0.15, -0.1) is 11.3 Å². The van der Waals surface area contributed by atoms with Crippen LogP contribution in [0.1, 0.15) is 30.7 Å². The average molecular weight is 407 g/mol. The number of imide groups is 1. The fourth-order valence-electron chi connectivity index (χ4n) is 3.71. The molecule has 0 spiro atoms. The van der Waals surface area contributed by atoms with Crippen LogP contribution in [-0.2, 0) is 24.2 Å². The summed E-state index contributed by atoms with van der Waals surface area (Å²) in [5, 5.41) is 3.94. The summed E-state index contributed by atoms with van der Waals surface area (Å²) in [5.41, 5.74) is 1.16. The number of rotatable bonds is 4. The minimum absolute atomic E-state index is 0.0107. The molecule has 0 unspecified atom stereocenters. The molecule has 1 aliphatic heterocycles. The van der Waals surface area contributed by atoms with E-state index < -0.39 is 0 Å². The summed E-state index contributed by atoms with van der Waals surface area (Å²) < 4.78 is 1.65. The summed E-state index contributed by atoms with van der Waals surface area (Å²) >= 11 is 2.85. The maximum atomic E-state index is 13.1. The van der Waals surface area contributed by atoms with E-state index in [1.807, 2.05) is 6.92 Å². The molecule has 0 bridgehead atoms. The highest BCUT2D eigenvalue weighted by Gasteiger charge is 2.27. The normalized spacial score (nSPS) is 19.4. The third kappa shape index (κ3) is 3.27. The minimum atomic E-state index is -0.350. The molecule has 0 radical (unpaired) electrons. The summed E-state index contributed by atoms with van der Waals surface area (Å²) in [6.07, 6.45) is 3.05. The van der Waals surface area contributed by atoms with Crippen LogP contribution in [0, 0.1) is 5.92 Å². The summed E-state index contributed by atoms with van der Waals surface area (Å²) in [4.78, 5) is 45.0. The fraction of sp³-hybridized carbons (Fsp3) is 0.556. The number of amides is 3. The maximum Gasteiger partial charge on any atom is 0.324 e. The van der Waals surface area contributed by atoms with Gasteiger partial charge in [-0.2, -0.15) is 0 Å². The van der Waals surface area contributed by atoms with Gasteiger partial charge in [-0.1, -0.05) is 18.7 Å². The molecule has 0 aromatic carbocycles. The van der Waals surface area contributed by atoms with E-state index in [1.54, 1.807) is 15.9 Å². The van der Waals surface area contributed by atoms with Gasteiger partial charge in [-0.05, 0) is 37.7 Å². The van der Waals surface area contributed by atoms with Crippen molar-refractivity contribution < 1.29 is 9.59 Å². The lowest BCUT2D eigenvalue weighted by atomic mass is 9.89. The molecule has 0 saturated carbocycles. The first kappa shape index (κ1) is 18.5. The second kappa shape index (κ2) is 7.27. The van der Waals surface area contributed by atoms with Gasteiger partial charge in [0.05, 0.1) is 11.1 Å². The molecule has 144 valence electrons. The summed E-state index contributed by atoms with van der Waals surface area (Å²) in [6.45, 7) is 5.53. The zero-order chi connectivity index (χ0) is 19.1. The van der Waals surface area contributed by atoms with Crippen LogP contribution in [0.2, 0.25) is 0 Å². The van der Waals surface area contributed by atoms with Gasteiger partial charge in [-0.25, -0.2) is 9.78 Å². The van der Waals surface area contributed by atoms with E-state index >= 15 is 0 Å². The predicted molar refractivity (Wildman–Crippen MR) is 107 cm³/mol.